The summed E-state index contributed by atoms with van der Waals surface area (Å²) < 4.78 is 0. The average molecular weight is 304 g/mol. The molecule has 1 aromatic heterocycles. The quantitative estimate of drug-likeness (QED) is 0.877. The predicted octanol–water partition coefficient (Wildman–Crippen LogP) is 1.91. The first-order valence-electron chi connectivity index (χ1n) is 5.22. The molecule has 3 N–H and O–H groups in total. The van der Waals surface area contributed by atoms with Crippen LogP contribution in [0.1, 0.15) is 24.2 Å². The Hall–Kier alpha value is -0.000000000000000111. The fourth-order valence-electron chi connectivity index (χ4n) is 1.87. The molecule has 4 nitrogen and oxygen atoms in total. The number of likely N-dealkylation sites (tertiary alicyclic amines) is 1. The number of piperidine rings is 1. The molecule has 7 heteroatoms. The van der Waals surface area contributed by atoms with Crippen molar-refractivity contribution in [1.29, 1.82) is 0 Å². The van der Waals surface area contributed by atoms with Crippen LogP contribution in [0.4, 0.5) is 0 Å². The Bertz CT molecular complexity index is 297. The van der Waals surface area contributed by atoms with Crippen molar-refractivity contribution < 1.29 is 0 Å². The molecule has 1 saturated heterocycles. The van der Waals surface area contributed by atoms with E-state index in [0.717, 1.165) is 32.5 Å². The number of nitrogens with zero attached hydrogens (tertiary/aromatic N) is 2. The number of nitrogens with one attached hydrogen (secondary N) is 1. The average Bonchev–Trinajstić information content (AvgIpc) is 2.56. The minimum absolute atomic E-state index is 0. The molecular weight excluding hydrogens is 282 g/mol. The van der Waals surface area contributed by atoms with Crippen LogP contribution < -0.4 is 5.73 Å². The van der Waals surface area contributed by atoms with E-state index in [1.807, 2.05) is 0 Å². The molecule has 0 atom stereocenters. The largest absolute Gasteiger partial charge is 0.348 e. The molecular formula is C10H21Cl3N4. The van der Waals surface area contributed by atoms with Gasteiger partial charge in [-0.25, -0.2) is 4.98 Å². The second kappa shape index (κ2) is 9.00. The van der Waals surface area contributed by atoms with E-state index in [9.17, 15) is 0 Å². The van der Waals surface area contributed by atoms with Gasteiger partial charge in [0, 0.05) is 31.4 Å². The van der Waals surface area contributed by atoms with E-state index in [1.54, 1.807) is 6.33 Å². The van der Waals surface area contributed by atoms with Crippen molar-refractivity contribution in [2.75, 3.05) is 13.1 Å². The number of aromatic amines is 1. The van der Waals surface area contributed by atoms with Gasteiger partial charge in [0.1, 0.15) is 0 Å². The van der Waals surface area contributed by atoms with Crippen molar-refractivity contribution in [2.45, 2.75) is 32.4 Å². The summed E-state index contributed by atoms with van der Waals surface area (Å²) in [7, 11) is 0. The monoisotopic (exact) mass is 302 g/mol. The maximum Gasteiger partial charge on any atom is 0.0925 e. The number of halogens is 3. The lowest BCUT2D eigenvalue weighted by atomic mass is 10.1. The van der Waals surface area contributed by atoms with Crippen LogP contribution in [0, 0.1) is 6.92 Å². The zero-order chi connectivity index (χ0) is 9.97. The molecule has 0 aromatic carbocycles. The number of imidazole rings is 1. The minimum atomic E-state index is 0. The SMILES string of the molecule is Cc1[nH]cnc1CN1CCC(N)CC1.Cl.Cl.Cl. The van der Waals surface area contributed by atoms with Crippen molar-refractivity contribution in [3.8, 4) is 0 Å². The Morgan fingerprint density at radius 3 is 2.41 bits per heavy atom. The first-order chi connectivity index (χ1) is 6.75. The zero-order valence-electron chi connectivity index (χ0n) is 9.89. The first kappa shape index (κ1) is 19.3. The third-order valence-corrected chi connectivity index (χ3v) is 2.94. The Balaban J connectivity index is 0. The summed E-state index contributed by atoms with van der Waals surface area (Å²) >= 11 is 0. The van der Waals surface area contributed by atoms with Crippen molar-refractivity contribution in [2.24, 2.45) is 5.73 Å². The predicted molar refractivity (Wildman–Crippen MR) is 77.6 cm³/mol. The van der Waals surface area contributed by atoms with Crippen LogP contribution in [0.5, 0.6) is 0 Å². The molecule has 1 aliphatic rings. The zero-order valence-corrected chi connectivity index (χ0v) is 12.3. The number of aromatic nitrogens is 2. The van der Waals surface area contributed by atoms with Crippen LogP contribution in [0.2, 0.25) is 0 Å². The fraction of sp³-hybridized carbons (Fsp3) is 0.700. The van der Waals surface area contributed by atoms with Gasteiger partial charge in [-0.3, -0.25) is 4.90 Å². The number of nitrogens with two attached hydrogens (primary N) is 1. The lowest BCUT2D eigenvalue weighted by Crippen LogP contribution is -2.39. The van der Waals surface area contributed by atoms with Crippen molar-refractivity contribution in [1.82, 2.24) is 14.9 Å². The molecule has 0 bridgehead atoms. The maximum absolute atomic E-state index is 5.85. The molecule has 0 aliphatic carbocycles. The molecule has 1 aromatic rings. The maximum atomic E-state index is 5.85. The summed E-state index contributed by atoms with van der Waals surface area (Å²) in [6, 6.07) is 0.409. The van der Waals surface area contributed by atoms with Gasteiger partial charge in [0.25, 0.3) is 0 Å². The normalized spacial score (nSPS) is 16.6. The first-order valence-corrected chi connectivity index (χ1v) is 5.22. The van der Waals surface area contributed by atoms with Crippen molar-refractivity contribution in [3.05, 3.63) is 17.7 Å². The van der Waals surface area contributed by atoms with Crippen LogP contribution in [0.3, 0.4) is 0 Å². The standard InChI is InChI=1S/C10H18N4.3ClH/c1-8-10(13-7-12-8)6-14-4-2-9(11)3-5-14;;;/h7,9H,2-6,11H2,1H3,(H,12,13);3*1H. The van der Waals surface area contributed by atoms with E-state index < -0.39 is 0 Å². The second-order valence-corrected chi connectivity index (χ2v) is 4.09. The van der Waals surface area contributed by atoms with Gasteiger partial charge in [-0.05, 0) is 19.8 Å². The lowest BCUT2D eigenvalue weighted by molar-refractivity contribution is 0.203. The number of rotatable bonds is 2. The number of hydrogen-bond acceptors (Lipinski definition) is 3. The molecule has 2 rings (SSSR count). The Morgan fingerprint density at radius 2 is 1.94 bits per heavy atom. The summed E-state index contributed by atoms with van der Waals surface area (Å²) in [5, 5.41) is 0. The second-order valence-electron chi connectivity index (χ2n) is 4.09. The van der Waals surface area contributed by atoms with Gasteiger partial charge < -0.3 is 10.7 Å². The Morgan fingerprint density at radius 1 is 1.35 bits per heavy atom. The number of H-pyrrole nitrogens is 1. The molecule has 2 heterocycles. The van der Waals surface area contributed by atoms with E-state index in [1.165, 1.54) is 11.4 Å². The molecule has 0 radical (unpaired) electrons. The fourth-order valence-corrected chi connectivity index (χ4v) is 1.87. The summed E-state index contributed by atoms with van der Waals surface area (Å²) in [6.45, 7) is 5.24. The molecule has 0 amide bonds. The van der Waals surface area contributed by atoms with Gasteiger partial charge in [0.15, 0.2) is 0 Å². The van der Waals surface area contributed by atoms with Crippen LogP contribution in [-0.4, -0.2) is 34.0 Å². The highest BCUT2D eigenvalue weighted by molar-refractivity contribution is 5.86. The smallest absolute Gasteiger partial charge is 0.0925 e. The van der Waals surface area contributed by atoms with E-state index >= 15 is 0 Å². The minimum Gasteiger partial charge on any atom is -0.348 e. The highest BCUT2D eigenvalue weighted by atomic mass is 35.5. The van der Waals surface area contributed by atoms with Crippen LogP contribution in [-0.2, 0) is 6.54 Å². The third-order valence-electron chi connectivity index (χ3n) is 2.94. The summed E-state index contributed by atoms with van der Waals surface area (Å²) in [4.78, 5) is 9.83. The van der Waals surface area contributed by atoms with Gasteiger partial charge in [0.05, 0.1) is 12.0 Å². The molecule has 102 valence electrons. The number of aryl methyl sites for hydroxylation is 1. The summed E-state index contributed by atoms with van der Waals surface area (Å²) in [6.07, 6.45) is 3.99. The van der Waals surface area contributed by atoms with Gasteiger partial charge in [-0.15, -0.1) is 37.2 Å². The Kier molecular flexibility index (Phi) is 10.2. The number of hydrogen-bond donors (Lipinski definition) is 2. The molecule has 1 aliphatic heterocycles. The topological polar surface area (TPSA) is 57.9 Å². The van der Waals surface area contributed by atoms with E-state index in [4.69, 9.17) is 5.73 Å². The lowest BCUT2D eigenvalue weighted by Gasteiger charge is -2.29. The highest BCUT2D eigenvalue weighted by Gasteiger charge is 2.17. The summed E-state index contributed by atoms with van der Waals surface area (Å²) in [5.74, 6) is 0. The summed E-state index contributed by atoms with van der Waals surface area (Å²) in [5.41, 5.74) is 8.20. The van der Waals surface area contributed by atoms with Gasteiger partial charge in [0.2, 0.25) is 0 Å². The third kappa shape index (κ3) is 5.44. The van der Waals surface area contributed by atoms with Crippen LogP contribution >= 0.6 is 37.2 Å². The molecule has 0 unspecified atom stereocenters. The Labute approximate surface area is 121 Å². The van der Waals surface area contributed by atoms with Crippen molar-refractivity contribution in [3.63, 3.8) is 0 Å². The van der Waals surface area contributed by atoms with E-state index in [2.05, 4.69) is 21.8 Å². The van der Waals surface area contributed by atoms with Gasteiger partial charge in [-0.2, -0.15) is 0 Å². The highest BCUT2D eigenvalue weighted by Crippen LogP contribution is 2.12. The van der Waals surface area contributed by atoms with Crippen LogP contribution in [0.15, 0.2) is 6.33 Å². The van der Waals surface area contributed by atoms with Gasteiger partial charge in [-0.1, -0.05) is 0 Å². The molecule has 1 fully saturated rings. The van der Waals surface area contributed by atoms with Crippen molar-refractivity contribution >= 4 is 37.2 Å². The van der Waals surface area contributed by atoms with Crippen LogP contribution in [0.25, 0.3) is 0 Å². The van der Waals surface area contributed by atoms with E-state index in [-0.39, 0.29) is 37.2 Å². The molecule has 0 spiro atoms. The molecule has 17 heavy (non-hydrogen) atoms. The molecule has 0 saturated carbocycles. The van der Waals surface area contributed by atoms with Gasteiger partial charge >= 0.3 is 0 Å². The van der Waals surface area contributed by atoms with E-state index in [0.29, 0.717) is 6.04 Å².